The molecule has 2 aromatic rings. The number of carbonyl (C=O) groups excluding carboxylic acids is 3. The van der Waals surface area contributed by atoms with E-state index in [0.29, 0.717) is 25.8 Å². The van der Waals surface area contributed by atoms with Crippen LogP contribution in [0.5, 0.6) is 0 Å². The number of nitrogens with zero attached hydrogens (tertiary/aromatic N) is 3. The zero-order valence-electron chi connectivity index (χ0n) is 29.3. The van der Waals surface area contributed by atoms with Gasteiger partial charge in [-0.05, 0) is 69.2 Å². The van der Waals surface area contributed by atoms with Crippen LogP contribution < -0.4 is 10.6 Å². The highest BCUT2D eigenvalue weighted by Crippen LogP contribution is 2.25. The minimum atomic E-state index is -4.93. The van der Waals surface area contributed by atoms with Gasteiger partial charge in [0.2, 0.25) is 5.91 Å². The van der Waals surface area contributed by atoms with Gasteiger partial charge in [-0.15, -0.1) is 12.4 Å². The van der Waals surface area contributed by atoms with E-state index in [1.165, 1.54) is 0 Å². The third-order valence-corrected chi connectivity index (χ3v) is 9.02. The predicted octanol–water partition coefficient (Wildman–Crippen LogP) is 5.65. The molecule has 0 unspecified atom stereocenters. The molecule has 51 heavy (non-hydrogen) atoms. The third kappa shape index (κ3) is 13.9. The summed E-state index contributed by atoms with van der Waals surface area (Å²) in [4.78, 5) is 39.9. The van der Waals surface area contributed by atoms with Crippen molar-refractivity contribution in [3.8, 4) is 0 Å². The molecule has 8 nitrogen and oxygen atoms in total. The average Bonchev–Trinajstić information content (AvgIpc) is 3.77. The van der Waals surface area contributed by atoms with Gasteiger partial charge < -0.3 is 25.3 Å². The van der Waals surface area contributed by atoms with Crippen LogP contribution in [0.25, 0.3) is 0 Å². The molecule has 15 heteroatoms. The topological polar surface area (TPSA) is 85.0 Å². The van der Waals surface area contributed by atoms with Gasteiger partial charge in [-0.1, -0.05) is 74.5 Å². The lowest BCUT2D eigenvalue weighted by Crippen LogP contribution is -2.54. The maximum atomic E-state index is 13.2. The van der Waals surface area contributed by atoms with Crippen LogP contribution >= 0.6 is 12.4 Å². The molecule has 2 saturated heterocycles. The highest BCUT2D eigenvalue weighted by Gasteiger charge is 2.45. The summed E-state index contributed by atoms with van der Waals surface area (Å²) in [7, 11) is 1.70. The quantitative estimate of drug-likeness (QED) is 0.259. The Labute approximate surface area is 302 Å². The normalized spacial score (nSPS) is 18.0. The molecule has 2 aliphatic heterocycles. The van der Waals surface area contributed by atoms with Crippen molar-refractivity contribution in [2.75, 3.05) is 46.3 Å². The number of benzene rings is 2. The summed E-state index contributed by atoms with van der Waals surface area (Å²) in [6.07, 6.45) is -5.93. The zero-order valence-corrected chi connectivity index (χ0v) is 30.1. The van der Waals surface area contributed by atoms with Gasteiger partial charge in [0, 0.05) is 44.8 Å². The van der Waals surface area contributed by atoms with Gasteiger partial charge in [-0.25, -0.2) is 0 Å². The lowest BCUT2D eigenvalue weighted by molar-refractivity contribution is -0.186. The molecule has 3 atom stereocenters. The van der Waals surface area contributed by atoms with Crippen LogP contribution in [0, 0.1) is 5.92 Å². The minimum Gasteiger partial charge on any atom is -0.337 e. The Morgan fingerprint density at radius 2 is 1.29 bits per heavy atom. The molecular formula is C36H50ClF6N5O3. The first-order chi connectivity index (χ1) is 23.6. The van der Waals surface area contributed by atoms with Crippen molar-refractivity contribution < 1.29 is 40.7 Å². The molecule has 0 saturated carbocycles. The number of likely N-dealkylation sites (tertiary alicyclic amines) is 1. The fraction of sp³-hybridized carbons (Fsp3) is 0.583. The molecule has 2 heterocycles. The Balaban J connectivity index is 0.000000363. The van der Waals surface area contributed by atoms with Crippen molar-refractivity contribution in [3.63, 3.8) is 0 Å². The molecule has 0 aromatic heterocycles. The Kier molecular flexibility index (Phi) is 17.7. The number of likely N-dealkylation sites (N-methyl/N-ethyl adjacent to an activating group) is 1. The summed E-state index contributed by atoms with van der Waals surface area (Å²) in [5.74, 6) is -3.65. The highest BCUT2D eigenvalue weighted by atomic mass is 35.5. The smallest absolute Gasteiger partial charge is 0.337 e. The lowest BCUT2D eigenvalue weighted by Gasteiger charge is -2.34. The van der Waals surface area contributed by atoms with Crippen LogP contribution in [0.3, 0.4) is 0 Å². The number of hydrogen-bond acceptors (Lipinski definition) is 5. The fourth-order valence-corrected chi connectivity index (χ4v) is 6.40. The van der Waals surface area contributed by atoms with Gasteiger partial charge in [-0.2, -0.15) is 26.3 Å². The first-order valence-corrected chi connectivity index (χ1v) is 17.1. The SMILES string of the molecule is CN[C@H](C(=O)N1CCC[C@H]1CN(CCc1ccccc1)C(=O)C(F)(F)F)C(C)C.Cl.O=C(N(CCc1ccccc1)C[C@@H]1CCCN1)C(F)(F)F. The van der Waals surface area contributed by atoms with E-state index in [-0.39, 0.29) is 56.5 Å². The average molecular weight is 750 g/mol. The molecule has 4 rings (SSSR count). The molecule has 0 radical (unpaired) electrons. The second kappa shape index (κ2) is 20.6. The maximum absolute atomic E-state index is 13.2. The lowest BCUT2D eigenvalue weighted by atomic mass is 10.0. The van der Waals surface area contributed by atoms with Crippen LogP contribution in [0.1, 0.15) is 50.7 Å². The van der Waals surface area contributed by atoms with E-state index in [1.807, 2.05) is 74.5 Å². The largest absolute Gasteiger partial charge is 0.471 e. The molecule has 2 N–H and O–H groups in total. The third-order valence-electron chi connectivity index (χ3n) is 9.02. The molecule has 3 amide bonds. The van der Waals surface area contributed by atoms with Gasteiger partial charge in [-0.3, -0.25) is 14.4 Å². The van der Waals surface area contributed by atoms with Crippen molar-refractivity contribution in [3.05, 3.63) is 71.8 Å². The molecule has 0 aliphatic carbocycles. The Morgan fingerprint density at radius 3 is 1.71 bits per heavy atom. The van der Waals surface area contributed by atoms with E-state index >= 15 is 0 Å². The van der Waals surface area contributed by atoms with E-state index in [4.69, 9.17) is 0 Å². The molecule has 286 valence electrons. The van der Waals surface area contributed by atoms with Crippen molar-refractivity contribution >= 4 is 30.1 Å². The number of carbonyl (C=O) groups is 3. The second-order valence-corrected chi connectivity index (χ2v) is 13.1. The molecule has 0 spiro atoms. The monoisotopic (exact) mass is 749 g/mol. The minimum absolute atomic E-state index is 0. The van der Waals surface area contributed by atoms with E-state index in [2.05, 4.69) is 10.6 Å². The highest BCUT2D eigenvalue weighted by molar-refractivity contribution is 5.85. The summed E-state index contributed by atoms with van der Waals surface area (Å²) in [5.41, 5.74) is 1.79. The molecule has 0 bridgehead atoms. The van der Waals surface area contributed by atoms with Crippen LogP contribution in [-0.4, -0.2) is 109 Å². The van der Waals surface area contributed by atoms with Crippen molar-refractivity contribution in [2.45, 2.75) is 82.9 Å². The first-order valence-electron chi connectivity index (χ1n) is 17.1. The van der Waals surface area contributed by atoms with E-state index in [9.17, 15) is 40.7 Å². The molecule has 2 fully saturated rings. The van der Waals surface area contributed by atoms with Crippen molar-refractivity contribution in [2.24, 2.45) is 5.92 Å². The number of halogens is 7. The van der Waals surface area contributed by atoms with E-state index < -0.39 is 36.3 Å². The van der Waals surface area contributed by atoms with Crippen molar-refractivity contribution in [1.82, 2.24) is 25.3 Å². The first kappa shape index (κ1) is 43.8. The molecule has 2 aromatic carbocycles. The number of nitrogens with one attached hydrogen (secondary N) is 2. The van der Waals surface area contributed by atoms with Gasteiger partial charge in [0.1, 0.15) is 0 Å². The molecule has 2 aliphatic rings. The van der Waals surface area contributed by atoms with Gasteiger partial charge in [0.25, 0.3) is 0 Å². The van der Waals surface area contributed by atoms with Crippen LogP contribution in [0.2, 0.25) is 0 Å². The number of hydrogen-bond donors (Lipinski definition) is 2. The Bertz CT molecular complexity index is 1340. The summed E-state index contributed by atoms with van der Waals surface area (Å²) < 4.78 is 77.5. The standard InChI is InChI=1S/C21H30F3N3O2.C15H19F3N2O.ClH/c1-15(2)18(25-3)19(28)27-12-7-10-17(27)14-26(20(29)21(22,23)24)13-11-16-8-5-4-6-9-16;16-15(17,18)14(21)20(11-13-7-4-9-19-13)10-8-12-5-2-1-3-6-12;/h4-6,8-9,15,17-18,25H,7,10-14H2,1-3H3;1-3,5-6,13,19H,4,7-11H2;1H/t17-,18-;13-;/m00./s1. The van der Waals surface area contributed by atoms with Gasteiger partial charge >= 0.3 is 24.2 Å². The molecular weight excluding hydrogens is 700 g/mol. The predicted molar refractivity (Wildman–Crippen MR) is 186 cm³/mol. The number of rotatable bonds is 13. The second-order valence-electron chi connectivity index (χ2n) is 13.1. The van der Waals surface area contributed by atoms with Gasteiger partial charge in [0.15, 0.2) is 0 Å². The van der Waals surface area contributed by atoms with Crippen LogP contribution in [-0.2, 0) is 27.2 Å². The van der Waals surface area contributed by atoms with Crippen molar-refractivity contribution in [1.29, 1.82) is 0 Å². The summed E-state index contributed by atoms with van der Waals surface area (Å²) in [5, 5.41) is 6.12. The summed E-state index contributed by atoms with van der Waals surface area (Å²) in [6, 6.07) is 17.5. The fourth-order valence-electron chi connectivity index (χ4n) is 6.40. The summed E-state index contributed by atoms with van der Waals surface area (Å²) in [6.45, 7) is 5.20. The van der Waals surface area contributed by atoms with Crippen LogP contribution in [0.15, 0.2) is 60.7 Å². The number of alkyl halides is 6. The Hall–Kier alpha value is -3.36. The van der Waals surface area contributed by atoms with E-state index in [0.717, 1.165) is 46.7 Å². The number of amides is 3. The summed E-state index contributed by atoms with van der Waals surface area (Å²) >= 11 is 0. The Morgan fingerprint density at radius 1 is 0.804 bits per heavy atom. The van der Waals surface area contributed by atoms with Crippen LogP contribution in [0.4, 0.5) is 26.3 Å². The van der Waals surface area contributed by atoms with E-state index in [1.54, 1.807) is 11.9 Å². The van der Waals surface area contributed by atoms with Gasteiger partial charge in [0.05, 0.1) is 6.04 Å². The maximum Gasteiger partial charge on any atom is 0.471 e. The zero-order chi connectivity index (χ0) is 36.9.